The Morgan fingerprint density at radius 1 is 1.25 bits per heavy atom. The number of carbonyl (C=O) groups excluding carboxylic acids is 2. The maximum Gasteiger partial charge on any atom is 0.273 e. The van der Waals surface area contributed by atoms with Crippen LogP contribution in [0.25, 0.3) is 0 Å². The molecule has 0 aliphatic carbocycles. The van der Waals surface area contributed by atoms with Crippen molar-refractivity contribution >= 4 is 28.9 Å². The third-order valence-electron chi connectivity index (χ3n) is 4.72. The van der Waals surface area contributed by atoms with Gasteiger partial charge in [0.05, 0.1) is 16.0 Å². The summed E-state index contributed by atoms with van der Waals surface area (Å²) in [7, 11) is 1.68. The molecule has 8 nitrogen and oxygen atoms in total. The molecule has 1 N–H and O–H groups in total. The van der Waals surface area contributed by atoms with Crippen molar-refractivity contribution in [1.29, 1.82) is 0 Å². The quantitative estimate of drug-likeness (QED) is 0.645. The lowest BCUT2D eigenvalue weighted by Gasteiger charge is -2.24. The first-order valence-electron chi connectivity index (χ1n) is 8.71. The summed E-state index contributed by atoms with van der Waals surface area (Å²) < 4.78 is 5.80. The Bertz CT molecular complexity index is 984. The minimum Gasteiger partial charge on any atom is -0.490 e. The SMILES string of the molecule is Cc1ccc(C(=O)Nc2ccc3c(c2)OCC(C)(C)C(=O)N3C)cc1[N+](=O)[O-]. The van der Waals surface area contributed by atoms with Gasteiger partial charge in [-0.3, -0.25) is 19.7 Å². The largest absolute Gasteiger partial charge is 0.490 e. The molecule has 0 saturated heterocycles. The number of aryl methyl sites for hydroxylation is 1. The second-order valence-corrected chi connectivity index (χ2v) is 7.43. The third-order valence-corrected chi connectivity index (χ3v) is 4.72. The van der Waals surface area contributed by atoms with Gasteiger partial charge in [-0.2, -0.15) is 0 Å². The summed E-state index contributed by atoms with van der Waals surface area (Å²) in [5.41, 5.74) is 0.960. The average Bonchev–Trinajstić information content (AvgIpc) is 2.72. The lowest BCUT2D eigenvalue weighted by Crippen LogP contribution is -2.39. The maximum absolute atomic E-state index is 12.5. The smallest absolute Gasteiger partial charge is 0.273 e. The van der Waals surface area contributed by atoms with Crippen LogP contribution in [0.4, 0.5) is 17.1 Å². The Morgan fingerprint density at radius 2 is 1.96 bits per heavy atom. The summed E-state index contributed by atoms with van der Waals surface area (Å²) >= 11 is 0. The van der Waals surface area contributed by atoms with Crippen LogP contribution in [-0.4, -0.2) is 30.4 Å². The van der Waals surface area contributed by atoms with Crippen LogP contribution in [-0.2, 0) is 4.79 Å². The molecule has 0 bridgehead atoms. The molecular formula is C20H21N3O5. The van der Waals surface area contributed by atoms with Gasteiger partial charge in [0.15, 0.2) is 0 Å². The summed E-state index contributed by atoms with van der Waals surface area (Å²) in [6, 6.07) is 9.32. The molecule has 0 aromatic heterocycles. The van der Waals surface area contributed by atoms with Crippen molar-refractivity contribution < 1.29 is 19.2 Å². The van der Waals surface area contributed by atoms with Gasteiger partial charge in [-0.05, 0) is 39.0 Å². The minimum absolute atomic E-state index is 0.0602. The van der Waals surface area contributed by atoms with Crippen molar-refractivity contribution in [2.24, 2.45) is 5.41 Å². The molecule has 1 aliphatic heterocycles. The first-order chi connectivity index (χ1) is 13.1. The van der Waals surface area contributed by atoms with E-state index in [1.807, 2.05) is 13.8 Å². The summed E-state index contributed by atoms with van der Waals surface area (Å²) in [6.45, 7) is 5.45. The number of anilines is 2. The number of nitrogens with zero attached hydrogens (tertiary/aromatic N) is 2. The maximum atomic E-state index is 12.5. The van der Waals surface area contributed by atoms with Crippen molar-refractivity contribution in [3.8, 4) is 5.75 Å². The fourth-order valence-electron chi connectivity index (χ4n) is 3.02. The molecule has 0 spiro atoms. The van der Waals surface area contributed by atoms with Crippen LogP contribution in [0, 0.1) is 22.5 Å². The van der Waals surface area contributed by atoms with Gasteiger partial charge in [0.1, 0.15) is 12.4 Å². The van der Waals surface area contributed by atoms with E-state index in [4.69, 9.17) is 4.74 Å². The number of nitro groups is 1. The van der Waals surface area contributed by atoms with Crippen LogP contribution in [0.5, 0.6) is 5.75 Å². The number of nitrogens with one attached hydrogen (secondary N) is 1. The molecule has 2 aromatic rings. The van der Waals surface area contributed by atoms with E-state index in [-0.39, 0.29) is 23.8 Å². The first kappa shape index (κ1) is 19.3. The molecule has 1 aliphatic rings. The Balaban J connectivity index is 1.86. The van der Waals surface area contributed by atoms with Crippen LogP contribution in [0.1, 0.15) is 29.8 Å². The second kappa shape index (κ2) is 6.95. The Morgan fingerprint density at radius 3 is 2.64 bits per heavy atom. The van der Waals surface area contributed by atoms with Crippen LogP contribution in [0.15, 0.2) is 36.4 Å². The molecule has 28 heavy (non-hydrogen) atoms. The molecule has 0 atom stereocenters. The molecular weight excluding hydrogens is 362 g/mol. The highest BCUT2D eigenvalue weighted by Gasteiger charge is 2.36. The van der Waals surface area contributed by atoms with Crippen LogP contribution < -0.4 is 15.0 Å². The van der Waals surface area contributed by atoms with E-state index in [0.29, 0.717) is 22.7 Å². The zero-order chi connectivity index (χ0) is 20.6. The fraction of sp³-hybridized carbons (Fsp3) is 0.300. The Kier molecular flexibility index (Phi) is 4.80. The minimum atomic E-state index is -0.669. The van der Waals surface area contributed by atoms with Gasteiger partial charge >= 0.3 is 0 Å². The summed E-state index contributed by atoms with van der Waals surface area (Å²) in [6.07, 6.45) is 0. The second-order valence-electron chi connectivity index (χ2n) is 7.43. The fourth-order valence-corrected chi connectivity index (χ4v) is 3.02. The average molecular weight is 383 g/mol. The van der Waals surface area contributed by atoms with E-state index in [9.17, 15) is 19.7 Å². The standard InChI is InChI=1S/C20H21N3O5/c1-12-5-6-13(9-16(12)23(26)27)18(24)21-14-7-8-15-17(10-14)28-11-20(2,3)19(25)22(15)4/h5-10H,11H2,1-4H3,(H,21,24). The lowest BCUT2D eigenvalue weighted by molar-refractivity contribution is -0.385. The molecule has 0 radical (unpaired) electrons. The van der Waals surface area contributed by atoms with Gasteiger partial charge in [-0.1, -0.05) is 6.07 Å². The Labute approximate surface area is 162 Å². The van der Waals surface area contributed by atoms with Gasteiger partial charge in [-0.25, -0.2) is 0 Å². The molecule has 2 amide bonds. The summed E-state index contributed by atoms with van der Waals surface area (Å²) in [5.74, 6) is -0.0504. The summed E-state index contributed by atoms with van der Waals surface area (Å²) in [4.78, 5) is 37.1. The number of nitro benzene ring substituents is 1. The van der Waals surface area contributed by atoms with Crippen LogP contribution in [0.3, 0.4) is 0 Å². The van der Waals surface area contributed by atoms with Gasteiger partial charge < -0.3 is 15.0 Å². The molecule has 8 heteroatoms. The van der Waals surface area contributed by atoms with Gasteiger partial charge in [0, 0.05) is 36.0 Å². The topological polar surface area (TPSA) is 102 Å². The van der Waals surface area contributed by atoms with E-state index in [2.05, 4.69) is 5.32 Å². The number of carbonyl (C=O) groups is 2. The molecule has 3 rings (SSSR count). The van der Waals surface area contributed by atoms with Crippen molar-refractivity contribution in [2.45, 2.75) is 20.8 Å². The summed E-state index contributed by atoms with van der Waals surface area (Å²) in [5, 5.41) is 13.8. The van der Waals surface area contributed by atoms with E-state index < -0.39 is 16.2 Å². The molecule has 0 fully saturated rings. The van der Waals surface area contributed by atoms with Crippen LogP contribution >= 0.6 is 0 Å². The number of rotatable bonds is 3. The lowest BCUT2D eigenvalue weighted by atomic mass is 9.93. The number of ether oxygens (including phenoxy) is 1. The number of fused-ring (bicyclic) bond motifs is 1. The van der Waals surface area contributed by atoms with Crippen molar-refractivity contribution in [2.75, 3.05) is 23.9 Å². The predicted molar refractivity (Wildman–Crippen MR) is 105 cm³/mol. The number of amides is 2. The highest BCUT2D eigenvalue weighted by molar-refractivity contribution is 6.05. The monoisotopic (exact) mass is 383 g/mol. The van der Waals surface area contributed by atoms with Gasteiger partial charge in [0.25, 0.3) is 11.6 Å². The first-order valence-corrected chi connectivity index (χ1v) is 8.71. The zero-order valence-corrected chi connectivity index (χ0v) is 16.1. The van der Waals surface area contributed by atoms with E-state index in [0.717, 1.165) is 0 Å². The number of hydrogen-bond donors (Lipinski definition) is 1. The highest BCUT2D eigenvalue weighted by Crippen LogP contribution is 2.37. The number of benzene rings is 2. The highest BCUT2D eigenvalue weighted by atomic mass is 16.6. The molecule has 0 saturated carbocycles. The molecule has 146 valence electrons. The van der Waals surface area contributed by atoms with Crippen molar-refractivity contribution in [1.82, 2.24) is 0 Å². The van der Waals surface area contributed by atoms with E-state index in [1.165, 1.54) is 23.1 Å². The van der Waals surface area contributed by atoms with Crippen molar-refractivity contribution in [3.63, 3.8) is 0 Å². The third kappa shape index (κ3) is 3.53. The number of hydrogen-bond acceptors (Lipinski definition) is 5. The van der Waals surface area contributed by atoms with Gasteiger partial charge in [0.2, 0.25) is 5.91 Å². The van der Waals surface area contributed by atoms with Gasteiger partial charge in [-0.15, -0.1) is 0 Å². The van der Waals surface area contributed by atoms with Crippen LogP contribution in [0.2, 0.25) is 0 Å². The zero-order valence-electron chi connectivity index (χ0n) is 16.1. The normalized spacial score (nSPS) is 15.3. The van der Waals surface area contributed by atoms with E-state index >= 15 is 0 Å². The molecule has 2 aromatic carbocycles. The van der Waals surface area contributed by atoms with E-state index in [1.54, 1.807) is 32.2 Å². The molecule has 1 heterocycles. The predicted octanol–water partition coefficient (Wildman–Crippen LogP) is 3.54. The Hall–Kier alpha value is -3.42. The van der Waals surface area contributed by atoms with Crippen molar-refractivity contribution in [3.05, 3.63) is 57.6 Å². The molecule has 0 unspecified atom stereocenters.